The summed E-state index contributed by atoms with van der Waals surface area (Å²) in [6.45, 7) is 1.91. The van der Waals surface area contributed by atoms with E-state index in [-0.39, 0.29) is 11.6 Å². The fraction of sp³-hybridized carbons (Fsp3) is 0.111. The van der Waals surface area contributed by atoms with Gasteiger partial charge in [-0.25, -0.2) is 9.79 Å². The number of benzene rings is 2. The second kappa shape index (κ2) is 6.67. The summed E-state index contributed by atoms with van der Waals surface area (Å²) < 4.78 is 10.7. The largest absolute Gasteiger partial charge is 0.496 e. The average Bonchev–Trinajstić information content (AvgIpc) is 2.91. The third-order valence-corrected chi connectivity index (χ3v) is 4.25. The summed E-state index contributed by atoms with van der Waals surface area (Å²) in [5.41, 5.74) is 2.45. The van der Waals surface area contributed by atoms with Crippen molar-refractivity contribution < 1.29 is 14.3 Å². The van der Waals surface area contributed by atoms with Gasteiger partial charge in [0.15, 0.2) is 5.70 Å². The highest BCUT2D eigenvalue weighted by Crippen LogP contribution is 2.29. The molecule has 0 aliphatic carbocycles. The maximum absolute atomic E-state index is 12.1. The summed E-state index contributed by atoms with van der Waals surface area (Å²) in [5.74, 6) is 0.311. The van der Waals surface area contributed by atoms with Crippen LogP contribution >= 0.6 is 23.2 Å². The highest BCUT2D eigenvalue weighted by Gasteiger charge is 2.26. The molecule has 3 rings (SSSR count). The minimum atomic E-state index is -0.528. The number of carbonyl (C=O) groups excluding carboxylic acids is 1. The molecule has 0 fully saturated rings. The van der Waals surface area contributed by atoms with E-state index in [0.29, 0.717) is 26.9 Å². The van der Waals surface area contributed by atoms with Crippen LogP contribution in [0.5, 0.6) is 5.75 Å². The van der Waals surface area contributed by atoms with Crippen LogP contribution in [0.2, 0.25) is 10.0 Å². The maximum atomic E-state index is 12.1. The van der Waals surface area contributed by atoms with Crippen molar-refractivity contribution in [3.63, 3.8) is 0 Å². The van der Waals surface area contributed by atoms with Crippen molar-refractivity contribution in [1.29, 1.82) is 0 Å². The normalized spacial score (nSPS) is 15.4. The molecular formula is C18H13Cl2NO3. The minimum Gasteiger partial charge on any atom is -0.496 e. The van der Waals surface area contributed by atoms with Crippen LogP contribution in [0, 0.1) is 6.92 Å². The molecule has 0 aromatic heterocycles. The molecule has 0 amide bonds. The molecule has 0 saturated heterocycles. The van der Waals surface area contributed by atoms with E-state index in [0.717, 1.165) is 5.56 Å². The van der Waals surface area contributed by atoms with Gasteiger partial charge in [0.05, 0.1) is 22.7 Å². The van der Waals surface area contributed by atoms with Gasteiger partial charge in [0.2, 0.25) is 5.90 Å². The predicted molar refractivity (Wildman–Crippen MR) is 94.8 cm³/mol. The Labute approximate surface area is 149 Å². The van der Waals surface area contributed by atoms with Crippen LogP contribution in [0.3, 0.4) is 0 Å². The lowest BCUT2D eigenvalue weighted by Crippen LogP contribution is -2.07. The molecule has 1 heterocycles. The molecule has 0 radical (unpaired) electrons. The van der Waals surface area contributed by atoms with Crippen molar-refractivity contribution >= 4 is 41.1 Å². The number of para-hydroxylation sites is 1. The van der Waals surface area contributed by atoms with Gasteiger partial charge in [0.1, 0.15) is 5.75 Å². The number of esters is 1. The third kappa shape index (κ3) is 3.16. The van der Waals surface area contributed by atoms with Gasteiger partial charge in [-0.2, -0.15) is 0 Å². The summed E-state index contributed by atoms with van der Waals surface area (Å²) in [6.07, 6.45) is 1.60. The van der Waals surface area contributed by atoms with E-state index < -0.39 is 5.97 Å². The second-order valence-corrected chi connectivity index (χ2v) is 5.98. The molecule has 2 aromatic rings. The van der Waals surface area contributed by atoms with Gasteiger partial charge >= 0.3 is 5.97 Å². The monoisotopic (exact) mass is 361 g/mol. The van der Waals surface area contributed by atoms with E-state index in [4.69, 9.17) is 32.7 Å². The predicted octanol–water partition coefficient (Wildman–Crippen LogP) is 4.65. The van der Waals surface area contributed by atoms with Gasteiger partial charge in [-0.05, 0) is 42.3 Å². The number of ether oxygens (including phenoxy) is 2. The smallest absolute Gasteiger partial charge is 0.363 e. The molecule has 0 bridgehead atoms. The van der Waals surface area contributed by atoms with Crippen LogP contribution < -0.4 is 4.74 Å². The zero-order valence-electron chi connectivity index (χ0n) is 13.0. The molecule has 1 aliphatic rings. The molecule has 0 N–H and O–H groups in total. The lowest BCUT2D eigenvalue weighted by molar-refractivity contribution is -0.129. The second-order valence-electron chi connectivity index (χ2n) is 5.17. The van der Waals surface area contributed by atoms with E-state index in [1.54, 1.807) is 37.5 Å². The molecule has 1 aliphatic heterocycles. The number of nitrogens with zero attached hydrogens (tertiary/aromatic N) is 1. The van der Waals surface area contributed by atoms with Crippen LogP contribution in [-0.2, 0) is 9.53 Å². The molecule has 0 unspecified atom stereocenters. The number of hydrogen-bond donors (Lipinski definition) is 0. The summed E-state index contributed by atoms with van der Waals surface area (Å²) in [5, 5.41) is 0.850. The fourth-order valence-electron chi connectivity index (χ4n) is 2.38. The first-order valence-electron chi connectivity index (χ1n) is 7.11. The Bertz CT molecular complexity index is 888. The number of methoxy groups -OCH3 is 1. The van der Waals surface area contributed by atoms with E-state index >= 15 is 0 Å². The molecule has 122 valence electrons. The molecule has 0 saturated carbocycles. The van der Waals surface area contributed by atoms with Gasteiger partial charge in [0.25, 0.3) is 0 Å². The quantitative estimate of drug-likeness (QED) is 0.590. The molecule has 24 heavy (non-hydrogen) atoms. The summed E-state index contributed by atoms with van der Waals surface area (Å²) >= 11 is 11.9. The van der Waals surface area contributed by atoms with Crippen molar-refractivity contribution in [2.45, 2.75) is 6.92 Å². The Morgan fingerprint density at radius 2 is 1.96 bits per heavy atom. The molecule has 0 atom stereocenters. The number of cyclic esters (lactones) is 1. The Kier molecular flexibility index (Phi) is 4.60. The van der Waals surface area contributed by atoms with E-state index in [2.05, 4.69) is 4.99 Å². The van der Waals surface area contributed by atoms with E-state index in [1.165, 1.54) is 0 Å². The number of hydrogen-bond acceptors (Lipinski definition) is 4. The van der Waals surface area contributed by atoms with Crippen LogP contribution in [0.1, 0.15) is 16.7 Å². The topological polar surface area (TPSA) is 47.9 Å². The zero-order chi connectivity index (χ0) is 17.3. The van der Waals surface area contributed by atoms with Gasteiger partial charge in [-0.3, -0.25) is 0 Å². The molecule has 2 aromatic carbocycles. The standard InChI is InChI=1S/C18H13Cl2NO3/c1-10-4-3-5-12(16(10)23-2)17-21-15(18(22)24-17)9-11-6-7-13(19)14(20)8-11/h3-9H,1-2H3. The van der Waals surface area contributed by atoms with E-state index in [1.807, 2.05) is 19.1 Å². The van der Waals surface area contributed by atoms with Crippen LogP contribution in [-0.4, -0.2) is 19.0 Å². The first-order valence-corrected chi connectivity index (χ1v) is 7.87. The van der Waals surface area contributed by atoms with Crippen molar-refractivity contribution in [1.82, 2.24) is 0 Å². The summed E-state index contributed by atoms with van der Waals surface area (Å²) in [4.78, 5) is 16.4. The molecule has 6 heteroatoms. The van der Waals surface area contributed by atoms with Crippen molar-refractivity contribution in [3.8, 4) is 5.75 Å². The van der Waals surface area contributed by atoms with Crippen LogP contribution in [0.15, 0.2) is 47.1 Å². The number of rotatable bonds is 3. The van der Waals surface area contributed by atoms with Gasteiger partial charge in [0, 0.05) is 0 Å². The lowest BCUT2D eigenvalue weighted by atomic mass is 10.1. The zero-order valence-corrected chi connectivity index (χ0v) is 14.5. The van der Waals surface area contributed by atoms with Gasteiger partial charge in [-0.1, -0.05) is 41.4 Å². The number of aryl methyl sites for hydroxylation is 1. The Morgan fingerprint density at radius 3 is 2.67 bits per heavy atom. The van der Waals surface area contributed by atoms with Gasteiger partial charge in [-0.15, -0.1) is 0 Å². The Balaban J connectivity index is 2.00. The maximum Gasteiger partial charge on any atom is 0.363 e. The number of halogens is 2. The molecular weight excluding hydrogens is 349 g/mol. The van der Waals surface area contributed by atoms with Crippen LogP contribution in [0.4, 0.5) is 0 Å². The van der Waals surface area contributed by atoms with Crippen molar-refractivity contribution in [3.05, 3.63) is 68.8 Å². The number of carbonyl (C=O) groups is 1. The van der Waals surface area contributed by atoms with Crippen molar-refractivity contribution in [2.24, 2.45) is 4.99 Å². The third-order valence-electron chi connectivity index (χ3n) is 3.51. The van der Waals surface area contributed by atoms with Crippen LogP contribution in [0.25, 0.3) is 6.08 Å². The highest BCUT2D eigenvalue weighted by atomic mass is 35.5. The SMILES string of the molecule is COc1c(C)cccc1C1=NC(=Cc2ccc(Cl)c(Cl)c2)C(=O)O1. The fourth-order valence-corrected chi connectivity index (χ4v) is 2.68. The first-order chi connectivity index (χ1) is 11.5. The summed E-state index contributed by atoms with van der Waals surface area (Å²) in [7, 11) is 1.57. The minimum absolute atomic E-state index is 0.187. The lowest BCUT2D eigenvalue weighted by Gasteiger charge is -2.09. The highest BCUT2D eigenvalue weighted by molar-refractivity contribution is 6.42. The van der Waals surface area contributed by atoms with E-state index in [9.17, 15) is 4.79 Å². The summed E-state index contributed by atoms with van der Waals surface area (Å²) in [6, 6.07) is 10.6. The number of aliphatic imine (C=N–C) groups is 1. The Morgan fingerprint density at radius 1 is 1.17 bits per heavy atom. The first kappa shape index (κ1) is 16.6. The molecule has 4 nitrogen and oxygen atoms in total. The Hall–Kier alpha value is -2.30. The molecule has 0 spiro atoms. The van der Waals surface area contributed by atoms with Crippen molar-refractivity contribution in [2.75, 3.05) is 7.11 Å². The van der Waals surface area contributed by atoms with Gasteiger partial charge < -0.3 is 9.47 Å². The average molecular weight is 362 g/mol.